The summed E-state index contributed by atoms with van der Waals surface area (Å²) in [6.07, 6.45) is -0.234. The van der Waals surface area contributed by atoms with Gasteiger partial charge in [-0.1, -0.05) is 18.2 Å². The van der Waals surface area contributed by atoms with E-state index < -0.39 is 23.5 Å². The van der Waals surface area contributed by atoms with Crippen LogP contribution in [0.4, 0.5) is 0 Å². The van der Waals surface area contributed by atoms with E-state index in [1.807, 2.05) is 18.2 Å². The molecule has 0 radical (unpaired) electrons. The van der Waals surface area contributed by atoms with E-state index in [1.54, 1.807) is 26.0 Å². The van der Waals surface area contributed by atoms with Gasteiger partial charge in [-0.3, -0.25) is 9.59 Å². The van der Waals surface area contributed by atoms with E-state index in [2.05, 4.69) is 0 Å². The first kappa shape index (κ1) is 14.4. The van der Waals surface area contributed by atoms with Gasteiger partial charge in [-0.15, -0.1) is 0 Å². The van der Waals surface area contributed by atoms with Gasteiger partial charge in [0.15, 0.2) is 0 Å². The monoisotopic (exact) mass is 278 g/mol. The fourth-order valence-corrected chi connectivity index (χ4v) is 2.07. The Hall–Kier alpha value is -2.04. The molecule has 108 valence electrons. The van der Waals surface area contributed by atoms with Crippen molar-refractivity contribution in [1.82, 2.24) is 0 Å². The fraction of sp³-hybridized carbons (Fsp3) is 0.467. The Kier molecular flexibility index (Phi) is 4.27. The first-order valence-electron chi connectivity index (χ1n) is 6.71. The zero-order chi connectivity index (χ0) is 14.6. The van der Waals surface area contributed by atoms with E-state index in [-0.39, 0.29) is 13.2 Å². The molecule has 5 nitrogen and oxygen atoms in total. The lowest BCUT2D eigenvalue weighted by Crippen LogP contribution is -2.34. The molecule has 20 heavy (non-hydrogen) atoms. The highest BCUT2D eigenvalue weighted by Gasteiger charge is 2.70. The van der Waals surface area contributed by atoms with Crippen molar-refractivity contribution in [3.05, 3.63) is 30.3 Å². The summed E-state index contributed by atoms with van der Waals surface area (Å²) in [5.74, 6) is -0.522. The van der Waals surface area contributed by atoms with Gasteiger partial charge in [-0.2, -0.15) is 0 Å². The van der Waals surface area contributed by atoms with E-state index in [0.717, 1.165) is 0 Å². The van der Waals surface area contributed by atoms with Crippen molar-refractivity contribution in [1.29, 1.82) is 0 Å². The second-order valence-corrected chi connectivity index (χ2v) is 4.54. The molecule has 1 aliphatic rings. The molecular weight excluding hydrogens is 260 g/mol. The lowest BCUT2D eigenvalue weighted by Gasteiger charge is -2.15. The number of carbonyl (C=O) groups excluding carboxylic acids is 2. The standard InChI is InChI=1S/C15H18O5/c1-3-18-13(16)15(14(17)19-4-2)10-12(15)20-11-8-6-5-7-9-11/h5-9,12H,3-4,10H2,1-2H3/t12-/m1/s1. The summed E-state index contributed by atoms with van der Waals surface area (Å²) in [5.41, 5.74) is -1.30. The van der Waals surface area contributed by atoms with Crippen molar-refractivity contribution in [3.63, 3.8) is 0 Å². The van der Waals surface area contributed by atoms with Gasteiger partial charge in [0.05, 0.1) is 13.2 Å². The number of benzene rings is 1. The van der Waals surface area contributed by atoms with Crippen LogP contribution < -0.4 is 4.74 Å². The van der Waals surface area contributed by atoms with E-state index in [1.165, 1.54) is 0 Å². The summed E-state index contributed by atoms with van der Waals surface area (Å²) in [6, 6.07) is 9.07. The van der Waals surface area contributed by atoms with Gasteiger partial charge in [-0.25, -0.2) is 0 Å². The molecule has 1 aromatic rings. The Balaban J connectivity index is 2.11. The lowest BCUT2D eigenvalue weighted by molar-refractivity contribution is -0.165. The molecule has 0 amide bonds. The minimum atomic E-state index is -1.30. The van der Waals surface area contributed by atoms with E-state index >= 15 is 0 Å². The van der Waals surface area contributed by atoms with Gasteiger partial charge in [0.1, 0.15) is 11.9 Å². The second kappa shape index (κ2) is 5.94. The molecule has 0 aliphatic heterocycles. The topological polar surface area (TPSA) is 61.8 Å². The summed E-state index contributed by atoms with van der Waals surface area (Å²) >= 11 is 0. The number of ether oxygens (including phenoxy) is 3. The maximum absolute atomic E-state index is 12.0. The maximum atomic E-state index is 12.0. The zero-order valence-corrected chi connectivity index (χ0v) is 11.6. The largest absolute Gasteiger partial charge is 0.489 e. The molecule has 1 aliphatic carbocycles. The molecule has 5 heteroatoms. The minimum Gasteiger partial charge on any atom is -0.489 e. The lowest BCUT2D eigenvalue weighted by atomic mass is 10.1. The van der Waals surface area contributed by atoms with Crippen LogP contribution in [-0.4, -0.2) is 31.3 Å². The highest BCUT2D eigenvalue weighted by Crippen LogP contribution is 2.50. The van der Waals surface area contributed by atoms with E-state index in [9.17, 15) is 9.59 Å². The van der Waals surface area contributed by atoms with Crippen LogP contribution in [0.5, 0.6) is 5.75 Å². The summed E-state index contributed by atoms with van der Waals surface area (Å²) in [6.45, 7) is 3.84. The van der Waals surface area contributed by atoms with Gasteiger partial charge in [-0.05, 0) is 26.0 Å². The van der Waals surface area contributed by atoms with Gasteiger partial charge in [0.2, 0.25) is 5.41 Å². The highest BCUT2D eigenvalue weighted by molar-refractivity contribution is 6.04. The smallest absolute Gasteiger partial charge is 0.327 e. The predicted molar refractivity (Wildman–Crippen MR) is 71.2 cm³/mol. The summed E-state index contributed by atoms with van der Waals surface area (Å²) in [7, 11) is 0. The van der Waals surface area contributed by atoms with Gasteiger partial charge < -0.3 is 14.2 Å². The van der Waals surface area contributed by atoms with Crippen LogP contribution in [0.3, 0.4) is 0 Å². The molecule has 0 heterocycles. The van der Waals surface area contributed by atoms with Crippen LogP contribution >= 0.6 is 0 Å². The average molecular weight is 278 g/mol. The fourth-order valence-electron chi connectivity index (χ4n) is 2.07. The van der Waals surface area contributed by atoms with Crippen molar-refractivity contribution < 1.29 is 23.8 Å². The molecule has 0 unspecified atom stereocenters. The van der Waals surface area contributed by atoms with Crippen LogP contribution in [0.25, 0.3) is 0 Å². The molecule has 0 bridgehead atoms. The van der Waals surface area contributed by atoms with Gasteiger partial charge >= 0.3 is 11.9 Å². The summed E-state index contributed by atoms with van der Waals surface area (Å²) < 4.78 is 15.6. The molecule has 1 fully saturated rings. The highest BCUT2D eigenvalue weighted by atomic mass is 16.6. The van der Waals surface area contributed by atoms with Crippen molar-refractivity contribution >= 4 is 11.9 Å². The average Bonchev–Trinajstić information content (AvgIpc) is 3.16. The van der Waals surface area contributed by atoms with Gasteiger partial charge in [0, 0.05) is 6.42 Å². The number of rotatable bonds is 6. The molecular formula is C15H18O5. The minimum absolute atomic E-state index is 0.220. The number of para-hydroxylation sites is 1. The summed E-state index contributed by atoms with van der Waals surface area (Å²) in [5, 5.41) is 0. The molecule has 0 saturated heterocycles. The number of esters is 2. The van der Waals surface area contributed by atoms with E-state index in [0.29, 0.717) is 12.2 Å². The number of carbonyl (C=O) groups is 2. The van der Waals surface area contributed by atoms with Gasteiger partial charge in [0.25, 0.3) is 0 Å². The molecule has 1 aromatic carbocycles. The van der Waals surface area contributed by atoms with Crippen molar-refractivity contribution in [3.8, 4) is 5.75 Å². The summed E-state index contributed by atoms with van der Waals surface area (Å²) in [4.78, 5) is 24.1. The third-order valence-corrected chi connectivity index (χ3v) is 3.20. The number of hydrogen-bond donors (Lipinski definition) is 0. The Bertz CT molecular complexity index is 464. The molecule has 1 saturated carbocycles. The number of hydrogen-bond acceptors (Lipinski definition) is 5. The zero-order valence-electron chi connectivity index (χ0n) is 11.6. The molecule has 0 aromatic heterocycles. The molecule has 1 atom stereocenters. The van der Waals surface area contributed by atoms with Crippen LogP contribution in [0.1, 0.15) is 20.3 Å². The first-order chi connectivity index (χ1) is 9.65. The molecule has 0 N–H and O–H groups in total. The van der Waals surface area contributed by atoms with Crippen molar-refractivity contribution in [2.75, 3.05) is 13.2 Å². The van der Waals surface area contributed by atoms with Crippen molar-refractivity contribution in [2.45, 2.75) is 26.4 Å². The third kappa shape index (κ3) is 2.61. The Morgan fingerprint density at radius 3 is 2.15 bits per heavy atom. The first-order valence-corrected chi connectivity index (χ1v) is 6.71. The van der Waals surface area contributed by atoms with Crippen LogP contribution in [0.2, 0.25) is 0 Å². The van der Waals surface area contributed by atoms with Crippen molar-refractivity contribution in [2.24, 2.45) is 5.41 Å². The molecule has 0 spiro atoms. The Labute approximate surface area is 117 Å². The Morgan fingerprint density at radius 1 is 1.10 bits per heavy atom. The maximum Gasteiger partial charge on any atom is 0.327 e. The normalized spacial score (nSPS) is 19.0. The quantitative estimate of drug-likeness (QED) is 0.588. The second-order valence-electron chi connectivity index (χ2n) is 4.54. The van der Waals surface area contributed by atoms with Crippen LogP contribution in [0.15, 0.2) is 30.3 Å². The van der Waals surface area contributed by atoms with Crippen LogP contribution in [0, 0.1) is 5.41 Å². The SMILES string of the molecule is CCOC(=O)C1(C(=O)OCC)C[C@H]1Oc1ccccc1. The Morgan fingerprint density at radius 2 is 1.65 bits per heavy atom. The van der Waals surface area contributed by atoms with E-state index in [4.69, 9.17) is 14.2 Å². The third-order valence-electron chi connectivity index (χ3n) is 3.20. The molecule has 2 rings (SSSR count). The predicted octanol–water partition coefficient (Wildman–Crippen LogP) is 1.95. The van der Waals surface area contributed by atoms with Crippen LogP contribution in [-0.2, 0) is 19.1 Å².